The fourth-order valence-corrected chi connectivity index (χ4v) is 3.45. The third kappa shape index (κ3) is 3.36. The lowest BCUT2D eigenvalue weighted by Gasteiger charge is -2.31. The summed E-state index contributed by atoms with van der Waals surface area (Å²) >= 11 is 0. The molecule has 28 heavy (non-hydrogen) atoms. The maximum Gasteiger partial charge on any atom is 0.294 e. The van der Waals surface area contributed by atoms with Crippen LogP contribution in [-0.2, 0) is 0 Å². The first kappa shape index (κ1) is 17.8. The number of hydrogen-bond donors (Lipinski definition) is 0. The minimum atomic E-state index is -0.494. The van der Waals surface area contributed by atoms with Crippen LogP contribution in [0.5, 0.6) is 0 Å². The molecule has 1 atom stereocenters. The first-order valence-electron chi connectivity index (χ1n) is 8.89. The Labute approximate surface area is 159 Å². The number of amides is 1. The van der Waals surface area contributed by atoms with Crippen molar-refractivity contribution in [1.29, 1.82) is 0 Å². The van der Waals surface area contributed by atoms with Crippen molar-refractivity contribution >= 4 is 11.6 Å². The topological polar surface area (TPSA) is 120 Å². The van der Waals surface area contributed by atoms with E-state index in [1.165, 1.54) is 18.6 Å². The largest absolute Gasteiger partial charge is 0.339 e. The van der Waals surface area contributed by atoms with Crippen molar-refractivity contribution in [3.63, 3.8) is 0 Å². The van der Waals surface area contributed by atoms with E-state index in [0.717, 1.165) is 12.8 Å². The third-order valence-electron chi connectivity index (χ3n) is 4.80. The van der Waals surface area contributed by atoms with Gasteiger partial charge in [0.2, 0.25) is 5.89 Å². The molecule has 1 aliphatic heterocycles. The molecule has 1 unspecified atom stereocenters. The summed E-state index contributed by atoms with van der Waals surface area (Å²) in [6, 6.07) is 4.49. The zero-order chi connectivity index (χ0) is 19.7. The zero-order valence-corrected chi connectivity index (χ0v) is 15.2. The molecule has 3 heterocycles. The van der Waals surface area contributed by atoms with E-state index >= 15 is 0 Å². The predicted molar refractivity (Wildman–Crippen MR) is 97.1 cm³/mol. The van der Waals surface area contributed by atoms with Gasteiger partial charge < -0.3 is 14.0 Å². The van der Waals surface area contributed by atoms with Gasteiger partial charge in [-0.1, -0.05) is 5.16 Å². The average Bonchev–Trinajstić information content (AvgIpc) is 3.39. The summed E-state index contributed by atoms with van der Waals surface area (Å²) in [6.07, 6.45) is 6.28. The maximum absolute atomic E-state index is 13.0. The van der Waals surface area contributed by atoms with Crippen molar-refractivity contribution in [2.45, 2.75) is 25.7 Å². The van der Waals surface area contributed by atoms with Crippen molar-refractivity contribution in [3.05, 3.63) is 64.3 Å². The van der Waals surface area contributed by atoms with E-state index in [2.05, 4.69) is 15.1 Å². The molecule has 0 radical (unpaired) electrons. The van der Waals surface area contributed by atoms with Gasteiger partial charge in [0.05, 0.1) is 17.2 Å². The van der Waals surface area contributed by atoms with Gasteiger partial charge in [-0.2, -0.15) is 4.98 Å². The number of benzene rings is 1. The van der Waals surface area contributed by atoms with Crippen LogP contribution in [0.25, 0.3) is 5.69 Å². The Morgan fingerprint density at radius 3 is 2.93 bits per heavy atom. The van der Waals surface area contributed by atoms with Crippen molar-refractivity contribution < 1.29 is 14.2 Å². The van der Waals surface area contributed by atoms with Gasteiger partial charge in [0.15, 0.2) is 5.82 Å². The Balaban J connectivity index is 1.59. The minimum absolute atomic E-state index is 0.0286. The number of nitro groups is 1. The molecule has 1 aromatic carbocycles. The highest BCUT2D eigenvalue weighted by Gasteiger charge is 2.30. The van der Waals surface area contributed by atoms with Gasteiger partial charge in [-0.05, 0) is 31.9 Å². The number of piperidine rings is 1. The summed E-state index contributed by atoms with van der Waals surface area (Å²) in [6.45, 7) is 2.77. The van der Waals surface area contributed by atoms with Crippen molar-refractivity contribution in [1.82, 2.24) is 24.6 Å². The molecule has 10 nitrogen and oxygen atoms in total. The van der Waals surface area contributed by atoms with Crippen LogP contribution in [0.4, 0.5) is 5.69 Å². The van der Waals surface area contributed by atoms with Crippen LogP contribution in [0.15, 0.2) is 41.4 Å². The Hall–Kier alpha value is -3.56. The molecule has 1 amide bonds. The Bertz CT molecular complexity index is 1010. The molecule has 0 bridgehead atoms. The number of nitro benzene ring substituents is 1. The van der Waals surface area contributed by atoms with E-state index in [4.69, 9.17) is 4.52 Å². The molecule has 1 aliphatic rings. The lowest BCUT2D eigenvalue weighted by Crippen LogP contribution is -2.39. The van der Waals surface area contributed by atoms with Crippen LogP contribution >= 0.6 is 0 Å². The standard InChI is InChI=1S/C18H18N6O4/c1-12-20-17(28-21-12)14-3-2-7-22(10-14)18(25)13-4-5-15(16(9-13)24(26)27)23-8-6-19-11-23/h4-6,8-9,11,14H,2-3,7,10H2,1H3. The molecule has 1 saturated heterocycles. The van der Waals surface area contributed by atoms with Gasteiger partial charge in [0, 0.05) is 37.1 Å². The molecule has 0 aliphatic carbocycles. The molecule has 10 heteroatoms. The van der Waals surface area contributed by atoms with E-state index < -0.39 is 4.92 Å². The van der Waals surface area contributed by atoms with Gasteiger partial charge in [0.1, 0.15) is 5.69 Å². The van der Waals surface area contributed by atoms with Crippen LogP contribution in [0.3, 0.4) is 0 Å². The second kappa shape index (κ2) is 7.22. The summed E-state index contributed by atoms with van der Waals surface area (Å²) in [4.78, 5) is 33.9. The normalized spacial score (nSPS) is 16.9. The lowest BCUT2D eigenvalue weighted by molar-refractivity contribution is -0.384. The van der Waals surface area contributed by atoms with E-state index in [1.54, 1.807) is 34.7 Å². The second-order valence-electron chi connectivity index (χ2n) is 6.70. The first-order valence-corrected chi connectivity index (χ1v) is 8.89. The number of aryl methyl sites for hydroxylation is 1. The summed E-state index contributed by atoms with van der Waals surface area (Å²) < 4.78 is 6.79. The SMILES string of the molecule is Cc1noc(C2CCCN(C(=O)c3ccc(-n4ccnc4)c([N+](=O)[O-])c3)C2)n1. The van der Waals surface area contributed by atoms with E-state index in [1.807, 2.05) is 0 Å². The number of carbonyl (C=O) groups excluding carboxylic acids is 1. The molecule has 0 N–H and O–H groups in total. The Morgan fingerprint density at radius 2 is 2.25 bits per heavy atom. The van der Waals surface area contributed by atoms with Crippen LogP contribution in [-0.4, -0.2) is 48.5 Å². The minimum Gasteiger partial charge on any atom is -0.339 e. The molecular weight excluding hydrogens is 364 g/mol. The summed E-state index contributed by atoms with van der Waals surface area (Å²) in [5.41, 5.74) is 0.486. The lowest BCUT2D eigenvalue weighted by atomic mass is 9.97. The number of nitrogens with zero attached hydrogens (tertiary/aromatic N) is 6. The van der Waals surface area contributed by atoms with Crippen LogP contribution in [0, 0.1) is 17.0 Å². The summed E-state index contributed by atoms with van der Waals surface area (Å²) in [5, 5.41) is 15.3. The number of likely N-dealkylation sites (tertiary alicyclic amines) is 1. The summed E-state index contributed by atoms with van der Waals surface area (Å²) in [7, 11) is 0. The third-order valence-corrected chi connectivity index (χ3v) is 4.80. The number of carbonyl (C=O) groups is 1. The number of imidazole rings is 1. The van der Waals surface area contributed by atoms with Crippen molar-refractivity contribution in [2.24, 2.45) is 0 Å². The second-order valence-corrected chi connectivity index (χ2v) is 6.70. The molecule has 3 aromatic rings. The van der Waals surface area contributed by atoms with Crippen LogP contribution in [0.2, 0.25) is 0 Å². The molecular formula is C18H18N6O4. The summed E-state index contributed by atoms with van der Waals surface area (Å²) in [5.74, 6) is 0.806. The van der Waals surface area contributed by atoms with Crippen molar-refractivity contribution in [2.75, 3.05) is 13.1 Å². The highest BCUT2D eigenvalue weighted by atomic mass is 16.6. The molecule has 1 fully saturated rings. The molecule has 0 spiro atoms. The fourth-order valence-electron chi connectivity index (χ4n) is 3.45. The van der Waals surface area contributed by atoms with Crippen LogP contribution < -0.4 is 0 Å². The molecule has 144 valence electrons. The monoisotopic (exact) mass is 382 g/mol. The van der Waals surface area contributed by atoms with Gasteiger partial charge >= 0.3 is 0 Å². The highest BCUT2D eigenvalue weighted by molar-refractivity contribution is 5.95. The number of hydrogen-bond acceptors (Lipinski definition) is 7. The molecule has 2 aromatic heterocycles. The number of rotatable bonds is 4. The van der Waals surface area contributed by atoms with Crippen molar-refractivity contribution in [3.8, 4) is 5.69 Å². The quantitative estimate of drug-likeness (QED) is 0.502. The predicted octanol–water partition coefficient (Wildman–Crippen LogP) is 2.49. The van der Waals surface area contributed by atoms with Gasteiger partial charge in [-0.3, -0.25) is 14.9 Å². The molecule has 4 rings (SSSR count). The maximum atomic E-state index is 13.0. The highest BCUT2D eigenvalue weighted by Crippen LogP contribution is 2.29. The Kier molecular flexibility index (Phi) is 4.60. The van der Waals surface area contributed by atoms with E-state index in [0.29, 0.717) is 30.5 Å². The molecule has 0 saturated carbocycles. The van der Waals surface area contributed by atoms with Gasteiger partial charge in [-0.25, -0.2) is 4.98 Å². The van der Waals surface area contributed by atoms with E-state index in [-0.39, 0.29) is 23.1 Å². The average molecular weight is 382 g/mol. The smallest absolute Gasteiger partial charge is 0.294 e. The Morgan fingerprint density at radius 1 is 1.39 bits per heavy atom. The van der Waals surface area contributed by atoms with E-state index in [9.17, 15) is 14.9 Å². The first-order chi connectivity index (χ1) is 13.5. The van der Waals surface area contributed by atoms with Gasteiger partial charge in [-0.15, -0.1) is 0 Å². The van der Waals surface area contributed by atoms with Gasteiger partial charge in [0.25, 0.3) is 11.6 Å². The van der Waals surface area contributed by atoms with Crippen LogP contribution in [0.1, 0.15) is 40.8 Å². The number of aromatic nitrogens is 4. The zero-order valence-electron chi connectivity index (χ0n) is 15.2. The fraction of sp³-hybridized carbons (Fsp3) is 0.333.